The van der Waals surface area contributed by atoms with E-state index in [1.807, 2.05) is 0 Å². The molecule has 0 aliphatic carbocycles. The number of allylic oxidation sites excluding steroid dienone is 6. The van der Waals surface area contributed by atoms with Crippen molar-refractivity contribution in [2.24, 2.45) is 5.73 Å². The molecule has 0 spiro atoms. The Balaban J connectivity index is 3.85. The highest BCUT2D eigenvalue weighted by Gasteiger charge is 2.25. The van der Waals surface area contributed by atoms with Gasteiger partial charge in [0.25, 0.3) is 0 Å². The van der Waals surface area contributed by atoms with Crippen LogP contribution in [0.3, 0.4) is 0 Å². The van der Waals surface area contributed by atoms with Gasteiger partial charge in [0.1, 0.15) is 6.10 Å². The van der Waals surface area contributed by atoms with E-state index in [0.29, 0.717) is 13.0 Å². The molecule has 0 saturated heterocycles. The second-order valence-corrected chi connectivity index (χ2v) is 21.7. The van der Waals surface area contributed by atoms with Crippen molar-refractivity contribution >= 4 is 13.8 Å². The molecule has 0 rings (SSSR count). The predicted molar refractivity (Wildman–Crippen MR) is 298 cm³/mol. The number of rotatable bonds is 58. The highest BCUT2D eigenvalue weighted by atomic mass is 31.2. The first-order valence-corrected chi connectivity index (χ1v) is 31.5. The maximum Gasteiger partial charge on any atom is 0.472 e. The molecular weight excluding hydrogens is 878 g/mol. The topological polar surface area (TPSA) is 117 Å². The van der Waals surface area contributed by atoms with Crippen molar-refractivity contribution in [3.63, 3.8) is 0 Å². The Hall–Kier alpha value is -1.28. The van der Waals surface area contributed by atoms with E-state index in [2.05, 4.69) is 50.3 Å². The Labute approximate surface area is 429 Å². The second-order valence-electron chi connectivity index (χ2n) is 20.2. The molecular formula is C60H116NO7P. The van der Waals surface area contributed by atoms with Crippen molar-refractivity contribution in [3.8, 4) is 0 Å². The average molecular weight is 995 g/mol. The lowest BCUT2D eigenvalue weighted by molar-refractivity contribution is -0.154. The lowest BCUT2D eigenvalue weighted by Crippen LogP contribution is -2.28. The van der Waals surface area contributed by atoms with Crippen LogP contribution in [-0.2, 0) is 27.9 Å². The highest BCUT2D eigenvalue weighted by molar-refractivity contribution is 7.47. The van der Waals surface area contributed by atoms with Crippen molar-refractivity contribution in [2.45, 2.75) is 309 Å². The number of esters is 1. The molecule has 0 radical (unpaired) electrons. The molecule has 0 saturated carbocycles. The van der Waals surface area contributed by atoms with E-state index >= 15 is 0 Å². The Morgan fingerprint density at radius 1 is 0.435 bits per heavy atom. The number of nitrogens with two attached hydrogens (primary N) is 1. The summed E-state index contributed by atoms with van der Waals surface area (Å²) in [6, 6.07) is 0. The summed E-state index contributed by atoms with van der Waals surface area (Å²) in [5.41, 5.74) is 5.41. The molecule has 0 aromatic carbocycles. The summed E-state index contributed by atoms with van der Waals surface area (Å²) in [6.07, 6.45) is 70.6. The minimum absolute atomic E-state index is 0.0941. The van der Waals surface area contributed by atoms with Gasteiger partial charge in [0.2, 0.25) is 0 Å². The van der Waals surface area contributed by atoms with E-state index in [0.717, 1.165) is 44.9 Å². The van der Waals surface area contributed by atoms with E-state index in [9.17, 15) is 14.3 Å². The molecule has 0 heterocycles. The van der Waals surface area contributed by atoms with Gasteiger partial charge in [0, 0.05) is 19.6 Å². The maximum atomic E-state index is 12.7. The zero-order chi connectivity index (χ0) is 50.1. The average Bonchev–Trinajstić information content (AvgIpc) is 3.34. The molecule has 3 N–H and O–H groups in total. The Kier molecular flexibility index (Phi) is 56.6. The number of hydrogen-bond donors (Lipinski definition) is 2. The van der Waals surface area contributed by atoms with E-state index in [1.54, 1.807) is 0 Å². The van der Waals surface area contributed by atoms with E-state index in [-0.39, 0.29) is 32.3 Å². The monoisotopic (exact) mass is 994 g/mol. The largest absolute Gasteiger partial charge is 0.472 e. The smallest absolute Gasteiger partial charge is 0.457 e. The molecule has 2 atom stereocenters. The fourth-order valence-corrected chi connectivity index (χ4v) is 9.66. The van der Waals surface area contributed by atoms with Crippen LogP contribution in [0.25, 0.3) is 0 Å². The summed E-state index contributed by atoms with van der Waals surface area (Å²) < 4.78 is 33.7. The van der Waals surface area contributed by atoms with Crippen LogP contribution in [0.4, 0.5) is 0 Å². The van der Waals surface area contributed by atoms with E-state index < -0.39 is 13.9 Å². The Morgan fingerprint density at radius 3 is 1.14 bits per heavy atom. The molecule has 0 bridgehead atoms. The summed E-state index contributed by atoms with van der Waals surface area (Å²) in [5.74, 6) is -0.324. The third-order valence-corrected chi connectivity index (χ3v) is 14.3. The minimum atomic E-state index is -4.29. The first-order valence-electron chi connectivity index (χ1n) is 30.0. The summed E-state index contributed by atoms with van der Waals surface area (Å²) in [5, 5.41) is 0. The lowest BCUT2D eigenvalue weighted by Gasteiger charge is -2.20. The van der Waals surface area contributed by atoms with Gasteiger partial charge in [-0.2, -0.15) is 0 Å². The number of phosphoric ester groups is 1. The summed E-state index contributed by atoms with van der Waals surface area (Å²) in [6.45, 7) is 4.97. The SMILES string of the molecule is CCCCCCC/C=C\C/C=C\C/C=C\CCCCCCCCCCCCCOCC(COP(=O)(O)OCCN)OC(=O)CCCCCCCCCCCCCCCCCCCCCCCCCC. The van der Waals surface area contributed by atoms with Gasteiger partial charge >= 0.3 is 13.8 Å². The summed E-state index contributed by atoms with van der Waals surface area (Å²) in [4.78, 5) is 22.7. The summed E-state index contributed by atoms with van der Waals surface area (Å²) in [7, 11) is -4.29. The maximum absolute atomic E-state index is 12.7. The number of hydrogen-bond acceptors (Lipinski definition) is 7. The molecule has 0 aliphatic heterocycles. The zero-order valence-electron chi connectivity index (χ0n) is 45.8. The standard InChI is InChI=1S/C60H116NO7P/c1-3-5-7-9-11-13-15-17-19-21-23-25-27-29-30-32-34-36-38-40-42-44-46-48-50-52-55-65-57-59(58-67-69(63,64)66-56-54-61)68-60(62)53-51-49-47-45-43-41-39-37-35-33-31-28-26-24-22-20-18-16-14-12-10-8-6-4-2/h15,17,21,23,27,29,59H,3-14,16,18-20,22,24-26,28,30-58,61H2,1-2H3,(H,63,64)/b17-15-,23-21-,29-27-. The van der Waals surface area contributed by atoms with Crippen LogP contribution in [-0.4, -0.2) is 49.9 Å². The molecule has 8 nitrogen and oxygen atoms in total. The van der Waals surface area contributed by atoms with Crippen LogP contribution < -0.4 is 5.73 Å². The molecule has 0 aliphatic rings. The van der Waals surface area contributed by atoms with Gasteiger partial charge in [-0.25, -0.2) is 4.57 Å². The second kappa shape index (κ2) is 57.6. The van der Waals surface area contributed by atoms with Crippen LogP contribution in [0, 0.1) is 0 Å². The molecule has 0 amide bonds. The van der Waals surface area contributed by atoms with Gasteiger partial charge in [0.15, 0.2) is 0 Å². The van der Waals surface area contributed by atoms with E-state index in [4.69, 9.17) is 24.3 Å². The third kappa shape index (κ3) is 57.5. The van der Waals surface area contributed by atoms with Gasteiger partial charge < -0.3 is 20.1 Å². The zero-order valence-corrected chi connectivity index (χ0v) is 46.7. The van der Waals surface area contributed by atoms with Crippen LogP contribution in [0.5, 0.6) is 0 Å². The quantitative estimate of drug-likeness (QED) is 0.0268. The molecule has 0 aromatic heterocycles. The van der Waals surface area contributed by atoms with Crippen LogP contribution in [0.15, 0.2) is 36.5 Å². The molecule has 2 unspecified atom stereocenters. The van der Waals surface area contributed by atoms with Gasteiger partial charge in [-0.3, -0.25) is 13.8 Å². The molecule has 408 valence electrons. The number of phosphoric acid groups is 1. The van der Waals surface area contributed by atoms with Gasteiger partial charge in [0.05, 0.1) is 19.8 Å². The molecule has 9 heteroatoms. The lowest BCUT2D eigenvalue weighted by atomic mass is 10.0. The fraction of sp³-hybridized carbons (Fsp3) is 0.883. The Morgan fingerprint density at radius 2 is 0.768 bits per heavy atom. The minimum Gasteiger partial charge on any atom is -0.457 e. The van der Waals surface area contributed by atoms with Crippen LogP contribution >= 0.6 is 7.82 Å². The van der Waals surface area contributed by atoms with E-state index in [1.165, 1.54) is 238 Å². The van der Waals surface area contributed by atoms with Crippen molar-refractivity contribution in [1.82, 2.24) is 0 Å². The van der Waals surface area contributed by atoms with Crippen molar-refractivity contribution in [1.29, 1.82) is 0 Å². The molecule has 0 aromatic rings. The number of ether oxygens (including phenoxy) is 2. The Bertz CT molecular complexity index is 1160. The van der Waals surface area contributed by atoms with Crippen molar-refractivity contribution in [3.05, 3.63) is 36.5 Å². The number of carbonyl (C=O) groups is 1. The van der Waals surface area contributed by atoms with Crippen LogP contribution in [0.2, 0.25) is 0 Å². The number of unbranched alkanes of at least 4 members (excludes halogenated alkanes) is 39. The normalized spacial score (nSPS) is 13.4. The molecule has 0 fully saturated rings. The van der Waals surface area contributed by atoms with Crippen LogP contribution in [0.1, 0.15) is 303 Å². The fourth-order valence-electron chi connectivity index (χ4n) is 8.89. The van der Waals surface area contributed by atoms with Crippen molar-refractivity contribution < 1.29 is 32.8 Å². The van der Waals surface area contributed by atoms with Gasteiger partial charge in [-0.05, 0) is 51.4 Å². The van der Waals surface area contributed by atoms with Gasteiger partial charge in [-0.15, -0.1) is 0 Å². The third-order valence-electron chi connectivity index (χ3n) is 13.3. The highest BCUT2D eigenvalue weighted by Crippen LogP contribution is 2.43. The molecule has 69 heavy (non-hydrogen) atoms. The first kappa shape index (κ1) is 67.7. The predicted octanol–water partition coefficient (Wildman–Crippen LogP) is 19.3. The van der Waals surface area contributed by atoms with Gasteiger partial charge in [-0.1, -0.05) is 281 Å². The first-order chi connectivity index (χ1) is 33.9. The van der Waals surface area contributed by atoms with Crippen molar-refractivity contribution in [2.75, 3.05) is 33.0 Å². The number of carbonyl (C=O) groups excluding carboxylic acids is 1. The summed E-state index contributed by atoms with van der Waals surface area (Å²) >= 11 is 0.